The van der Waals surface area contributed by atoms with Gasteiger partial charge in [-0.3, -0.25) is 9.59 Å². The Kier molecular flexibility index (Phi) is 53.9. The molecule has 1 heterocycles. The third kappa shape index (κ3) is 44.4. The van der Waals surface area contributed by atoms with Gasteiger partial charge in [-0.15, -0.1) is 0 Å². The molecule has 0 radical (unpaired) electrons. The summed E-state index contributed by atoms with van der Waals surface area (Å²) in [6.45, 7) is 5.81. The lowest BCUT2D eigenvalue weighted by atomic mass is 9.99. The Hall–Kier alpha value is -1.86. The lowest BCUT2D eigenvalue weighted by molar-refractivity contribution is -0.305. The van der Waals surface area contributed by atoms with Gasteiger partial charge in [0.1, 0.15) is 24.4 Å². The first-order chi connectivity index (χ1) is 38.7. The molecule has 0 aromatic heterocycles. The van der Waals surface area contributed by atoms with Crippen molar-refractivity contribution in [2.45, 2.75) is 384 Å². The van der Waals surface area contributed by atoms with Crippen LogP contribution in [-0.2, 0) is 23.8 Å². The van der Waals surface area contributed by atoms with E-state index < -0.39 is 67.4 Å². The van der Waals surface area contributed by atoms with Crippen LogP contribution >= 0.6 is 0 Å². The summed E-state index contributed by atoms with van der Waals surface area (Å²) in [7, 11) is 0. The van der Waals surface area contributed by atoms with E-state index in [-0.39, 0.29) is 13.0 Å². The number of carbonyl (C=O) groups is 2. The van der Waals surface area contributed by atoms with Crippen LogP contribution in [0.3, 0.4) is 0 Å². The van der Waals surface area contributed by atoms with Gasteiger partial charge in [-0.25, -0.2) is 0 Å². The molecule has 8 unspecified atom stereocenters. The van der Waals surface area contributed by atoms with E-state index in [4.69, 9.17) is 14.2 Å². The molecule has 0 bridgehead atoms. The van der Waals surface area contributed by atoms with Crippen molar-refractivity contribution in [1.82, 2.24) is 5.32 Å². The molecule has 1 fully saturated rings. The zero-order valence-corrected chi connectivity index (χ0v) is 51.8. The Morgan fingerprint density at radius 3 is 1.24 bits per heavy atom. The number of ether oxygens (including phenoxy) is 3. The summed E-state index contributed by atoms with van der Waals surface area (Å²) in [5.41, 5.74) is 0. The minimum absolute atomic E-state index is 0.122. The zero-order valence-electron chi connectivity index (χ0n) is 51.8. The summed E-state index contributed by atoms with van der Waals surface area (Å²) in [6, 6.07) is -1.02. The highest BCUT2D eigenvalue weighted by Gasteiger charge is 2.47. The van der Waals surface area contributed by atoms with Crippen molar-refractivity contribution in [2.24, 2.45) is 0 Å². The van der Waals surface area contributed by atoms with Crippen LogP contribution in [-0.4, -0.2) is 99.6 Å². The normalized spacial score (nSPS) is 18.9. The molecule has 0 aromatic rings. The van der Waals surface area contributed by atoms with E-state index in [0.717, 1.165) is 70.6 Å². The number of aliphatic hydroxyl groups is 5. The molecule has 1 amide bonds. The second-order valence-corrected chi connectivity index (χ2v) is 23.9. The first-order valence-electron chi connectivity index (χ1n) is 34.1. The topological polar surface area (TPSA) is 175 Å². The molecule has 11 heteroatoms. The Balaban J connectivity index is 2.56. The highest BCUT2D eigenvalue weighted by Crippen LogP contribution is 2.26. The summed E-state index contributed by atoms with van der Waals surface area (Å²) in [5, 5.41) is 57.1. The number of unbranched alkanes of at least 4 members (excludes halogenated alkanes) is 43. The Labute approximate surface area is 486 Å². The number of esters is 1. The molecule has 1 aliphatic rings. The van der Waals surface area contributed by atoms with Gasteiger partial charge in [-0.2, -0.15) is 0 Å². The monoisotopic (exact) mass is 1120 g/mol. The standard InChI is InChI=1S/C68H129NO10/c1-4-7-10-13-16-19-22-24-26-27-28-29-30-31-32-33-34-36-37-40-43-46-49-52-55-61(72)67(76)69-59(60(71)54-51-48-45-42-39-21-18-15-12-9-6-3)58-77-68-66(65(75)64(74)62(57-70)78-68)79-63(73)56-53-50-47-44-41-38-35-25-23-20-17-14-11-8-5-2/h20,23,51,54,59-62,64-66,68,70-72,74-75H,4-19,21-22,24-50,52-53,55-58H2,1-3H3,(H,69,76)/b23-20-,54-51+. The van der Waals surface area contributed by atoms with E-state index in [2.05, 4.69) is 38.2 Å². The molecular weight excluding hydrogens is 991 g/mol. The molecule has 1 saturated heterocycles. The molecule has 1 rings (SSSR count). The van der Waals surface area contributed by atoms with Crippen LogP contribution in [0.15, 0.2) is 24.3 Å². The van der Waals surface area contributed by atoms with Crippen molar-refractivity contribution in [3.8, 4) is 0 Å². The Morgan fingerprint density at radius 2 is 0.835 bits per heavy atom. The van der Waals surface area contributed by atoms with Gasteiger partial charge in [0.05, 0.1) is 25.4 Å². The van der Waals surface area contributed by atoms with E-state index >= 15 is 0 Å². The van der Waals surface area contributed by atoms with E-state index in [1.54, 1.807) is 6.08 Å². The van der Waals surface area contributed by atoms with Crippen LogP contribution in [0.5, 0.6) is 0 Å². The summed E-state index contributed by atoms with van der Waals surface area (Å²) in [4.78, 5) is 26.6. The second-order valence-electron chi connectivity index (χ2n) is 23.9. The third-order valence-corrected chi connectivity index (χ3v) is 16.4. The molecular formula is C68H129NO10. The van der Waals surface area contributed by atoms with Crippen LogP contribution in [0.4, 0.5) is 0 Å². The van der Waals surface area contributed by atoms with Gasteiger partial charge >= 0.3 is 5.97 Å². The number of aliphatic hydroxyl groups excluding tert-OH is 5. The second kappa shape index (κ2) is 56.6. The molecule has 0 aromatic carbocycles. The maximum absolute atomic E-state index is 13.5. The Bertz CT molecular complexity index is 1380. The van der Waals surface area contributed by atoms with Crippen LogP contribution in [0.1, 0.15) is 335 Å². The molecule has 0 saturated carbocycles. The quantitative estimate of drug-likeness (QED) is 0.0195. The SMILES string of the molecule is CCCCCC/C=C\CCCCCCCCCC(=O)OC1C(OCC(NC(=O)C(O)CCCCCCCCCCCCCCCCCCCCCCCCCC)C(O)/C=C/CCCCCCCCCCC)OC(CO)C(O)C1O. The minimum atomic E-state index is -1.61. The van der Waals surface area contributed by atoms with Gasteiger partial charge in [0, 0.05) is 6.42 Å². The summed E-state index contributed by atoms with van der Waals surface area (Å²) in [6.07, 6.45) is 56.6. The van der Waals surface area contributed by atoms with Crippen LogP contribution < -0.4 is 5.32 Å². The van der Waals surface area contributed by atoms with Crippen LogP contribution in [0.25, 0.3) is 0 Å². The number of hydrogen-bond donors (Lipinski definition) is 6. The van der Waals surface area contributed by atoms with Gasteiger partial charge in [0.15, 0.2) is 12.4 Å². The van der Waals surface area contributed by atoms with E-state index in [1.807, 2.05) is 6.08 Å². The van der Waals surface area contributed by atoms with Crippen molar-refractivity contribution >= 4 is 11.9 Å². The minimum Gasteiger partial charge on any atom is -0.454 e. The first-order valence-corrected chi connectivity index (χ1v) is 34.1. The van der Waals surface area contributed by atoms with Gasteiger partial charge in [-0.1, -0.05) is 302 Å². The summed E-state index contributed by atoms with van der Waals surface area (Å²) in [5.74, 6) is -1.18. The number of nitrogens with one attached hydrogen (secondary N) is 1. The lowest BCUT2D eigenvalue weighted by Crippen LogP contribution is -2.61. The third-order valence-electron chi connectivity index (χ3n) is 16.4. The predicted octanol–water partition coefficient (Wildman–Crippen LogP) is 16.8. The predicted molar refractivity (Wildman–Crippen MR) is 329 cm³/mol. The fourth-order valence-corrected chi connectivity index (χ4v) is 10.9. The van der Waals surface area contributed by atoms with Crippen molar-refractivity contribution in [2.75, 3.05) is 13.2 Å². The molecule has 466 valence electrons. The number of hydrogen-bond acceptors (Lipinski definition) is 10. The van der Waals surface area contributed by atoms with Gasteiger partial charge in [-0.05, 0) is 51.4 Å². The maximum Gasteiger partial charge on any atom is 0.306 e. The Morgan fingerprint density at radius 1 is 0.481 bits per heavy atom. The van der Waals surface area contributed by atoms with Crippen molar-refractivity contribution in [3.05, 3.63) is 24.3 Å². The maximum atomic E-state index is 13.5. The lowest BCUT2D eigenvalue weighted by Gasteiger charge is -2.41. The van der Waals surface area contributed by atoms with E-state index in [1.165, 1.54) is 218 Å². The number of amides is 1. The van der Waals surface area contributed by atoms with Gasteiger partial charge < -0.3 is 45.1 Å². The fraction of sp³-hybridized carbons (Fsp3) is 0.912. The largest absolute Gasteiger partial charge is 0.454 e. The summed E-state index contributed by atoms with van der Waals surface area (Å²) >= 11 is 0. The average Bonchev–Trinajstić information content (AvgIpc) is 3.47. The van der Waals surface area contributed by atoms with Crippen LogP contribution in [0.2, 0.25) is 0 Å². The average molecular weight is 1120 g/mol. The van der Waals surface area contributed by atoms with E-state index in [9.17, 15) is 35.1 Å². The van der Waals surface area contributed by atoms with Crippen molar-refractivity contribution < 1.29 is 49.3 Å². The molecule has 6 N–H and O–H groups in total. The van der Waals surface area contributed by atoms with Gasteiger partial charge in [0.25, 0.3) is 0 Å². The van der Waals surface area contributed by atoms with Crippen LogP contribution in [0, 0.1) is 0 Å². The number of allylic oxidation sites excluding steroid dienone is 3. The molecule has 0 spiro atoms. The molecule has 8 atom stereocenters. The molecule has 1 aliphatic heterocycles. The number of carbonyl (C=O) groups excluding carboxylic acids is 2. The molecule has 79 heavy (non-hydrogen) atoms. The fourth-order valence-electron chi connectivity index (χ4n) is 10.9. The van der Waals surface area contributed by atoms with Crippen molar-refractivity contribution in [3.63, 3.8) is 0 Å². The smallest absolute Gasteiger partial charge is 0.306 e. The summed E-state index contributed by atoms with van der Waals surface area (Å²) < 4.78 is 17.6. The number of rotatable bonds is 59. The van der Waals surface area contributed by atoms with Crippen molar-refractivity contribution in [1.29, 1.82) is 0 Å². The molecule has 11 nitrogen and oxygen atoms in total. The first kappa shape index (κ1) is 75.2. The highest BCUT2D eigenvalue weighted by molar-refractivity contribution is 5.80. The van der Waals surface area contributed by atoms with E-state index in [0.29, 0.717) is 19.3 Å². The zero-order chi connectivity index (χ0) is 57.5. The van der Waals surface area contributed by atoms with Gasteiger partial charge in [0.2, 0.25) is 5.91 Å². The highest BCUT2D eigenvalue weighted by atomic mass is 16.7. The molecule has 0 aliphatic carbocycles.